The Morgan fingerprint density at radius 1 is 1.22 bits per heavy atom. The molecule has 0 aliphatic heterocycles. The van der Waals surface area contributed by atoms with Crippen molar-refractivity contribution < 1.29 is 15.1 Å². The van der Waals surface area contributed by atoms with E-state index in [0.717, 1.165) is 0 Å². The van der Waals surface area contributed by atoms with Crippen LogP contribution in [0.15, 0.2) is 24.3 Å². The SMILES string of the molecule is O=[N+]([O-])c1ccc(-n2nnc(CO)c2CO)cc1. The third kappa shape index (κ3) is 2.06. The molecular weight excluding hydrogens is 240 g/mol. The molecule has 1 aromatic carbocycles. The lowest BCUT2D eigenvalue weighted by Gasteiger charge is -2.04. The summed E-state index contributed by atoms with van der Waals surface area (Å²) in [6.45, 7) is -0.664. The van der Waals surface area contributed by atoms with Crippen molar-refractivity contribution in [1.29, 1.82) is 0 Å². The van der Waals surface area contributed by atoms with Crippen molar-refractivity contribution in [3.05, 3.63) is 45.8 Å². The number of aliphatic hydroxyl groups excluding tert-OH is 2. The highest BCUT2D eigenvalue weighted by Gasteiger charge is 2.13. The van der Waals surface area contributed by atoms with Crippen LogP contribution in [-0.4, -0.2) is 30.1 Å². The first-order valence-corrected chi connectivity index (χ1v) is 5.07. The number of hydrogen-bond donors (Lipinski definition) is 2. The first kappa shape index (κ1) is 12.1. The fraction of sp³-hybridized carbons (Fsp3) is 0.200. The molecule has 1 aromatic heterocycles. The molecule has 0 unspecified atom stereocenters. The predicted molar refractivity (Wildman–Crippen MR) is 59.9 cm³/mol. The summed E-state index contributed by atoms with van der Waals surface area (Å²) in [6, 6.07) is 5.65. The average molecular weight is 250 g/mol. The average Bonchev–Trinajstić information content (AvgIpc) is 2.81. The van der Waals surface area contributed by atoms with E-state index >= 15 is 0 Å². The van der Waals surface area contributed by atoms with Crippen molar-refractivity contribution in [2.75, 3.05) is 0 Å². The molecule has 0 spiro atoms. The number of benzene rings is 1. The smallest absolute Gasteiger partial charge is 0.269 e. The Morgan fingerprint density at radius 2 is 1.89 bits per heavy atom. The zero-order valence-electron chi connectivity index (χ0n) is 9.22. The number of aliphatic hydroxyl groups is 2. The van der Waals surface area contributed by atoms with Crippen LogP contribution in [0.2, 0.25) is 0 Å². The summed E-state index contributed by atoms with van der Waals surface area (Å²) < 4.78 is 1.33. The van der Waals surface area contributed by atoms with Gasteiger partial charge in [0.05, 0.1) is 29.5 Å². The Labute approximate surface area is 101 Å². The summed E-state index contributed by atoms with van der Waals surface area (Å²) >= 11 is 0. The highest BCUT2D eigenvalue weighted by atomic mass is 16.6. The van der Waals surface area contributed by atoms with Gasteiger partial charge in [-0.2, -0.15) is 0 Å². The molecule has 0 bridgehead atoms. The second-order valence-corrected chi connectivity index (χ2v) is 3.48. The van der Waals surface area contributed by atoms with E-state index in [4.69, 9.17) is 5.11 Å². The minimum absolute atomic E-state index is 0.0354. The van der Waals surface area contributed by atoms with E-state index in [9.17, 15) is 15.2 Å². The minimum atomic E-state index is -0.503. The van der Waals surface area contributed by atoms with Crippen LogP contribution >= 0.6 is 0 Å². The van der Waals surface area contributed by atoms with E-state index in [1.54, 1.807) is 0 Å². The Hall–Kier alpha value is -2.32. The molecule has 8 nitrogen and oxygen atoms in total. The summed E-state index contributed by atoms with van der Waals surface area (Å²) in [5, 5.41) is 36.2. The van der Waals surface area contributed by atoms with Gasteiger partial charge in [0.1, 0.15) is 5.69 Å². The van der Waals surface area contributed by atoms with Crippen molar-refractivity contribution in [2.45, 2.75) is 13.2 Å². The number of non-ortho nitro benzene ring substituents is 1. The topological polar surface area (TPSA) is 114 Å². The third-order valence-corrected chi connectivity index (χ3v) is 2.45. The van der Waals surface area contributed by atoms with Gasteiger partial charge in [0.25, 0.3) is 5.69 Å². The number of aromatic nitrogens is 3. The van der Waals surface area contributed by atoms with Crippen LogP contribution in [0.25, 0.3) is 5.69 Å². The number of nitrogens with zero attached hydrogens (tertiary/aromatic N) is 4. The van der Waals surface area contributed by atoms with Crippen LogP contribution in [-0.2, 0) is 13.2 Å². The van der Waals surface area contributed by atoms with Gasteiger partial charge in [-0.05, 0) is 12.1 Å². The van der Waals surface area contributed by atoms with Crippen LogP contribution < -0.4 is 0 Å². The molecule has 0 fully saturated rings. The van der Waals surface area contributed by atoms with Gasteiger partial charge >= 0.3 is 0 Å². The van der Waals surface area contributed by atoms with Crippen LogP contribution in [0, 0.1) is 10.1 Å². The molecule has 0 atom stereocenters. The predicted octanol–water partition coefficient (Wildman–Crippen LogP) is 0.160. The molecule has 2 rings (SSSR count). The zero-order valence-corrected chi connectivity index (χ0v) is 9.22. The third-order valence-electron chi connectivity index (χ3n) is 2.45. The van der Waals surface area contributed by atoms with Crippen molar-refractivity contribution in [1.82, 2.24) is 15.0 Å². The minimum Gasteiger partial charge on any atom is -0.390 e. The van der Waals surface area contributed by atoms with E-state index in [1.807, 2.05) is 0 Å². The van der Waals surface area contributed by atoms with E-state index in [0.29, 0.717) is 11.4 Å². The van der Waals surface area contributed by atoms with E-state index in [2.05, 4.69) is 10.3 Å². The molecule has 0 saturated carbocycles. The summed E-state index contributed by atoms with van der Waals surface area (Å²) in [5.74, 6) is 0. The Bertz CT molecular complexity index is 564. The van der Waals surface area contributed by atoms with Crippen molar-refractivity contribution >= 4 is 5.69 Å². The molecular formula is C10H10N4O4. The molecule has 0 saturated heterocycles. The quantitative estimate of drug-likeness (QED) is 0.590. The molecule has 2 N–H and O–H groups in total. The molecule has 0 aliphatic rings. The normalized spacial score (nSPS) is 10.6. The fourth-order valence-electron chi connectivity index (χ4n) is 1.54. The molecule has 8 heteroatoms. The first-order chi connectivity index (χ1) is 8.67. The maximum absolute atomic E-state index is 10.5. The second kappa shape index (κ2) is 4.90. The molecule has 94 valence electrons. The number of rotatable bonds is 4. The molecule has 1 heterocycles. The molecule has 0 radical (unpaired) electrons. The van der Waals surface area contributed by atoms with Gasteiger partial charge in [-0.15, -0.1) is 5.10 Å². The highest BCUT2D eigenvalue weighted by molar-refractivity contribution is 5.41. The monoisotopic (exact) mass is 250 g/mol. The van der Waals surface area contributed by atoms with Gasteiger partial charge < -0.3 is 10.2 Å². The fourth-order valence-corrected chi connectivity index (χ4v) is 1.54. The lowest BCUT2D eigenvalue weighted by atomic mass is 10.2. The molecule has 0 aliphatic carbocycles. The van der Waals surface area contributed by atoms with Gasteiger partial charge in [0, 0.05) is 12.1 Å². The molecule has 0 amide bonds. The Morgan fingerprint density at radius 3 is 2.39 bits per heavy atom. The van der Waals surface area contributed by atoms with E-state index < -0.39 is 4.92 Å². The van der Waals surface area contributed by atoms with Crippen LogP contribution in [0.3, 0.4) is 0 Å². The maximum atomic E-state index is 10.5. The van der Waals surface area contributed by atoms with E-state index in [1.165, 1.54) is 28.9 Å². The van der Waals surface area contributed by atoms with Gasteiger partial charge in [-0.25, -0.2) is 4.68 Å². The van der Waals surface area contributed by atoms with Gasteiger partial charge in [-0.1, -0.05) is 5.21 Å². The lowest BCUT2D eigenvalue weighted by Crippen LogP contribution is -2.03. The van der Waals surface area contributed by atoms with Crippen LogP contribution in [0.5, 0.6) is 0 Å². The number of nitro benzene ring substituents is 1. The maximum Gasteiger partial charge on any atom is 0.269 e. The largest absolute Gasteiger partial charge is 0.390 e. The summed E-state index contributed by atoms with van der Waals surface area (Å²) in [7, 11) is 0. The Kier molecular flexibility index (Phi) is 3.31. The van der Waals surface area contributed by atoms with Gasteiger partial charge in [-0.3, -0.25) is 10.1 Å². The van der Waals surface area contributed by atoms with Crippen molar-refractivity contribution in [2.24, 2.45) is 0 Å². The summed E-state index contributed by atoms with van der Waals surface area (Å²) in [6.07, 6.45) is 0. The standard InChI is InChI=1S/C10H10N4O4/c15-5-9-10(6-16)13(12-11-9)7-1-3-8(4-2-7)14(17)18/h1-4,15-16H,5-6H2. The van der Waals surface area contributed by atoms with E-state index in [-0.39, 0.29) is 24.6 Å². The summed E-state index contributed by atoms with van der Waals surface area (Å²) in [5.41, 5.74) is 1.12. The van der Waals surface area contributed by atoms with Crippen LogP contribution in [0.4, 0.5) is 5.69 Å². The Balaban J connectivity index is 2.42. The zero-order chi connectivity index (χ0) is 13.1. The number of hydrogen-bond acceptors (Lipinski definition) is 6. The van der Waals surface area contributed by atoms with Crippen molar-refractivity contribution in [3.63, 3.8) is 0 Å². The molecule has 18 heavy (non-hydrogen) atoms. The summed E-state index contributed by atoms with van der Waals surface area (Å²) in [4.78, 5) is 10.0. The van der Waals surface area contributed by atoms with Crippen molar-refractivity contribution in [3.8, 4) is 5.69 Å². The lowest BCUT2D eigenvalue weighted by molar-refractivity contribution is -0.384. The van der Waals surface area contributed by atoms with Crippen LogP contribution in [0.1, 0.15) is 11.4 Å². The van der Waals surface area contributed by atoms with Gasteiger partial charge in [0.15, 0.2) is 0 Å². The molecule has 2 aromatic rings. The van der Waals surface area contributed by atoms with Gasteiger partial charge in [0.2, 0.25) is 0 Å². The highest BCUT2D eigenvalue weighted by Crippen LogP contribution is 2.17. The second-order valence-electron chi connectivity index (χ2n) is 3.48. The number of nitro groups is 1. The first-order valence-electron chi connectivity index (χ1n) is 5.07.